The third-order valence-electron chi connectivity index (χ3n) is 1.77. The average molecular weight is 226 g/mol. The predicted octanol–water partition coefficient (Wildman–Crippen LogP) is 1.99. The smallest absolute Gasteiger partial charge is 0.140 e. The summed E-state index contributed by atoms with van der Waals surface area (Å²) in [6.07, 6.45) is 3.61. The lowest BCUT2D eigenvalue weighted by atomic mass is 10.3. The lowest BCUT2D eigenvalue weighted by Gasteiger charge is -2.00. The first-order valence-corrected chi connectivity index (χ1v) is 4.36. The molecule has 0 radical (unpaired) electrons. The predicted molar refractivity (Wildman–Crippen MR) is 52.0 cm³/mol. The summed E-state index contributed by atoms with van der Waals surface area (Å²) in [6, 6.07) is 1.91. The Morgan fingerprint density at radius 1 is 1.58 bits per heavy atom. The van der Waals surface area contributed by atoms with Gasteiger partial charge in [0.25, 0.3) is 0 Å². The van der Waals surface area contributed by atoms with E-state index < -0.39 is 0 Å². The Hall–Kier alpha value is -1.03. The summed E-state index contributed by atoms with van der Waals surface area (Å²) in [5, 5.41) is 0. The first-order valence-electron chi connectivity index (χ1n) is 3.57. The molecule has 2 heterocycles. The summed E-state index contributed by atoms with van der Waals surface area (Å²) < 4.78 is 2.85. The van der Waals surface area contributed by atoms with Gasteiger partial charge >= 0.3 is 0 Å². The highest BCUT2D eigenvalue weighted by Crippen LogP contribution is 2.18. The van der Waals surface area contributed by atoms with Gasteiger partial charge in [-0.05, 0) is 34.5 Å². The van der Waals surface area contributed by atoms with Crippen molar-refractivity contribution in [1.29, 1.82) is 0 Å². The Labute approximate surface area is 78.3 Å². The van der Waals surface area contributed by atoms with Crippen LogP contribution in [0.1, 0.15) is 5.56 Å². The van der Waals surface area contributed by atoms with Crippen LogP contribution in [0.2, 0.25) is 0 Å². The number of pyridine rings is 1. The normalized spacial score (nSPS) is 10.8. The summed E-state index contributed by atoms with van der Waals surface area (Å²) >= 11 is 3.38. The van der Waals surface area contributed by atoms with Crippen molar-refractivity contribution in [1.82, 2.24) is 9.38 Å². The lowest BCUT2D eigenvalue weighted by molar-refractivity contribution is 1.14. The number of nitrogen functional groups attached to an aromatic ring is 1. The van der Waals surface area contributed by atoms with Crippen molar-refractivity contribution in [2.75, 3.05) is 5.73 Å². The molecule has 0 aliphatic rings. The van der Waals surface area contributed by atoms with Gasteiger partial charge < -0.3 is 5.73 Å². The van der Waals surface area contributed by atoms with E-state index in [0.29, 0.717) is 0 Å². The second kappa shape index (κ2) is 2.48. The fourth-order valence-electron chi connectivity index (χ4n) is 1.26. The minimum absolute atomic E-state index is 0.749. The molecule has 2 aromatic heterocycles. The van der Waals surface area contributed by atoms with Crippen molar-refractivity contribution in [3.63, 3.8) is 0 Å². The molecule has 2 rings (SSSR count). The number of nitrogens with two attached hydrogens (primary N) is 1. The van der Waals surface area contributed by atoms with Crippen LogP contribution in [0.5, 0.6) is 0 Å². The molecule has 0 saturated carbocycles. The number of fused-ring (bicyclic) bond motifs is 1. The zero-order valence-corrected chi connectivity index (χ0v) is 8.17. The minimum atomic E-state index is 0.749. The fraction of sp³-hybridized carbons (Fsp3) is 0.125. The lowest BCUT2D eigenvalue weighted by Crippen LogP contribution is -1.93. The maximum Gasteiger partial charge on any atom is 0.140 e. The molecule has 0 bridgehead atoms. The molecule has 4 heteroatoms. The Morgan fingerprint density at radius 3 is 3.08 bits per heavy atom. The molecule has 0 aromatic carbocycles. The minimum Gasteiger partial charge on any atom is -0.398 e. The highest BCUT2D eigenvalue weighted by molar-refractivity contribution is 9.10. The number of rotatable bonds is 0. The van der Waals surface area contributed by atoms with Gasteiger partial charge in [-0.15, -0.1) is 0 Å². The summed E-state index contributed by atoms with van der Waals surface area (Å²) in [7, 11) is 0. The van der Waals surface area contributed by atoms with Gasteiger partial charge in [-0.25, -0.2) is 4.98 Å². The van der Waals surface area contributed by atoms with Crippen molar-refractivity contribution in [3.05, 3.63) is 28.6 Å². The van der Waals surface area contributed by atoms with Gasteiger partial charge in [0.1, 0.15) is 10.3 Å². The number of hydrogen-bond acceptors (Lipinski definition) is 2. The first kappa shape index (κ1) is 7.61. The van der Waals surface area contributed by atoms with Crippen LogP contribution in [0.4, 0.5) is 5.69 Å². The molecule has 0 aliphatic carbocycles. The molecule has 62 valence electrons. The quantitative estimate of drug-likeness (QED) is 0.746. The Morgan fingerprint density at radius 2 is 2.33 bits per heavy atom. The Bertz CT molecular complexity index is 433. The van der Waals surface area contributed by atoms with Crippen molar-refractivity contribution >= 4 is 27.3 Å². The SMILES string of the molecule is Cc1cc(N)cn2c(Br)cnc12. The van der Waals surface area contributed by atoms with E-state index in [4.69, 9.17) is 5.73 Å². The molecule has 3 nitrogen and oxygen atoms in total. The maximum absolute atomic E-state index is 5.68. The van der Waals surface area contributed by atoms with E-state index in [1.807, 2.05) is 23.6 Å². The molecule has 0 fully saturated rings. The van der Waals surface area contributed by atoms with E-state index in [9.17, 15) is 0 Å². The highest BCUT2D eigenvalue weighted by Gasteiger charge is 2.02. The van der Waals surface area contributed by atoms with Crippen LogP contribution in [0, 0.1) is 6.92 Å². The second-order valence-corrected chi connectivity index (χ2v) is 3.54. The molecule has 0 aliphatic heterocycles. The van der Waals surface area contributed by atoms with Crippen LogP contribution in [0.15, 0.2) is 23.1 Å². The van der Waals surface area contributed by atoms with Gasteiger partial charge in [0.2, 0.25) is 0 Å². The molecular weight excluding hydrogens is 218 g/mol. The van der Waals surface area contributed by atoms with E-state index in [2.05, 4.69) is 20.9 Å². The van der Waals surface area contributed by atoms with Crippen molar-refractivity contribution in [3.8, 4) is 0 Å². The van der Waals surface area contributed by atoms with E-state index in [1.54, 1.807) is 6.20 Å². The number of aryl methyl sites for hydroxylation is 1. The Balaban J connectivity index is 2.92. The molecule has 0 spiro atoms. The molecule has 0 saturated heterocycles. The van der Waals surface area contributed by atoms with E-state index in [1.165, 1.54) is 0 Å². The van der Waals surface area contributed by atoms with Crippen LogP contribution >= 0.6 is 15.9 Å². The standard InChI is InChI=1S/C8H8BrN3/c1-5-2-6(10)4-12-7(9)3-11-8(5)12/h2-4H,10H2,1H3. The van der Waals surface area contributed by atoms with Gasteiger partial charge in [-0.3, -0.25) is 4.40 Å². The molecule has 0 unspecified atom stereocenters. The third kappa shape index (κ3) is 0.992. The summed E-state index contributed by atoms with van der Waals surface area (Å²) in [6.45, 7) is 1.99. The topological polar surface area (TPSA) is 43.3 Å². The van der Waals surface area contributed by atoms with E-state index >= 15 is 0 Å². The largest absolute Gasteiger partial charge is 0.398 e. The van der Waals surface area contributed by atoms with Crippen LogP contribution in [0.3, 0.4) is 0 Å². The fourth-order valence-corrected chi connectivity index (χ4v) is 1.63. The molecule has 2 aromatic rings. The number of imidazole rings is 1. The summed E-state index contributed by atoms with van der Waals surface area (Å²) in [5.74, 6) is 0. The van der Waals surface area contributed by atoms with Crippen LogP contribution < -0.4 is 5.73 Å². The number of halogens is 1. The zero-order valence-electron chi connectivity index (χ0n) is 6.58. The van der Waals surface area contributed by atoms with Crippen LogP contribution in [0.25, 0.3) is 5.65 Å². The van der Waals surface area contributed by atoms with E-state index in [-0.39, 0.29) is 0 Å². The highest BCUT2D eigenvalue weighted by atomic mass is 79.9. The van der Waals surface area contributed by atoms with Crippen molar-refractivity contribution < 1.29 is 0 Å². The van der Waals surface area contributed by atoms with Gasteiger partial charge in [0.05, 0.1) is 6.20 Å². The third-order valence-corrected chi connectivity index (χ3v) is 2.35. The first-order chi connectivity index (χ1) is 5.68. The second-order valence-electron chi connectivity index (χ2n) is 2.73. The van der Waals surface area contributed by atoms with Gasteiger partial charge in [-0.1, -0.05) is 0 Å². The monoisotopic (exact) mass is 225 g/mol. The van der Waals surface area contributed by atoms with Crippen molar-refractivity contribution in [2.45, 2.75) is 6.92 Å². The van der Waals surface area contributed by atoms with Gasteiger partial charge in [0, 0.05) is 11.9 Å². The van der Waals surface area contributed by atoms with Crippen LogP contribution in [-0.4, -0.2) is 9.38 Å². The molecule has 0 atom stereocenters. The Kier molecular flexibility index (Phi) is 1.58. The maximum atomic E-state index is 5.68. The number of aromatic nitrogens is 2. The number of hydrogen-bond donors (Lipinski definition) is 1. The van der Waals surface area contributed by atoms with Crippen LogP contribution in [-0.2, 0) is 0 Å². The average Bonchev–Trinajstić information content (AvgIpc) is 2.33. The van der Waals surface area contributed by atoms with Gasteiger partial charge in [0.15, 0.2) is 0 Å². The zero-order chi connectivity index (χ0) is 8.72. The number of anilines is 1. The number of nitrogens with zero attached hydrogens (tertiary/aromatic N) is 2. The van der Waals surface area contributed by atoms with Gasteiger partial charge in [-0.2, -0.15) is 0 Å². The molecule has 2 N–H and O–H groups in total. The summed E-state index contributed by atoms with van der Waals surface area (Å²) in [5.41, 5.74) is 8.46. The van der Waals surface area contributed by atoms with Crippen molar-refractivity contribution in [2.24, 2.45) is 0 Å². The molecular formula is C8H8BrN3. The van der Waals surface area contributed by atoms with E-state index in [0.717, 1.165) is 21.5 Å². The summed E-state index contributed by atoms with van der Waals surface area (Å²) in [4.78, 5) is 4.22. The molecule has 12 heavy (non-hydrogen) atoms. The molecule has 0 amide bonds.